The Balaban J connectivity index is 1.42. The number of ether oxygens (including phenoxy) is 2. The third kappa shape index (κ3) is 3.53. The van der Waals surface area contributed by atoms with E-state index < -0.39 is 5.97 Å². The average molecular weight is 360 g/mol. The Bertz CT molecular complexity index is 1030. The summed E-state index contributed by atoms with van der Waals surface area (Å²) in [6.07, 6.45) is 1.09. The molecule has 0 spiro atoms. The van der Waals surface area contributed by atoms with Crippen molar-refractivity contribution in [3.63, 3.8) is 0 Å². The minimum Gasteiger partial charge on any atom is -0.490 e. The first-order valence-corrected chi connectivity index (χ1v) is 8.55. The summed E-state index contributed by atoms with van der Waals surface area (Å²) in [5.74, 6) is 0.972. The zero-order chi connectivity index (χ0) is 18.8. The number of esters is 1. The number of hydrogen-bond acceptors (Lipinski definition) is 6. The molecule has 6 nitrogen and oxygen atoms in total. The van der Waals surface area contributed by atoms with Gasteiger partial charge in [0.25, 0.3) is 0 Å². The summed E-state index contributed by atoms with van der Waals surface area (Å²) in [7, 11) is 0. The summed E-state index contributed by atoms with van der Waals surface area (Å²) in [5, 5.41) is 12.7. The molecular weight excluding hydrogens is 344 g/mol. The second-order valence-electron chi connectivity index (χ2n) is 6.40. The normalized spacial score (nSPS) is 14.9. The van der Waals surface area contributed by atoms with Crippen LogP contribution in [0.1, 0.15) is 34.1 Å². The lowest BCUT2D eigenvalue weighted by Gasteiger charge is -2.03. The lowest BCUT2D eigenvalue weighted by atomic mass is 10.1. The van der Waals surface area contributed by atoms with Crippen molar-refractivity contribution >= 4 is 5.97 Å². The van der Waals surface area contributed by atoms with E-state index in [2.05, 4.69) is 5.16 Å². The minimum atomic E-state index is -0.482. The second-order valence-corrected chi connectivity index (χ2v) is 6.40. The number of nitriles is 1. The van der Waals surface area contributed by atoms with Crippen LogP contribution in [0, 0.1) is 11.3 Å². The van der Waals surface area contributed by atoms with Gasteiger partial charge in [0.15, 0.2) is 5.76 Å². The van der Waals surface area contributed by atoms with Crippen LogP contribution in [0.5, 0.6) is 5.75 Å². The fourth-order valence-electron chi connectivity index (χ4n) is 2.97. The molecule has 1 aromatic heterocycles. The molecule has 0 radical (unpaired) electrons. The summed E-state index contributed by atoms with van der Waals surface area (Å²) >= 11 is 0. The Morgan fingerprint density at radius 3 is 2.85 bits per heavy atom. The number of rotatable bonds is 4. The Morgan fingerprint density at radius 1 is 1.26 bits per heavy atom. The third-order valence-corrected chi connectivity index (χ3v) is 4.35. The molecule has 134 valence electrons. The van der Waals surface area contributed by atoms with Crippen molar-refractivity contribution < 1.29 is 18.8 Å². The van der Waals surface area contributed by atoms with Crippen molar-refractivity contribution in [2.75, 3.05) is 0 Å². The van der Waals surface area contributed by atoms with Crippen molar-refractivity contribution in [2.24, 2.45) is 0 Å². The average Bonchev–Trinajstić information content (AvgIpc) is 3.31. The van der Waals surface area contributed by atoms with E-state index in [-0.39, 0.29) is 12.7 Å². The number of hydrogen-bond donors (Lipinski definition) is 0. The third-order valence-electron chi connectivity index (χ3n) is 4.35. The van der Waals surface area contributed by atoms with Crippen molar-refractivity contribution in [1.82, 2.24) is 5.16 Å². The molecule has 0 N–H and O–H groups in total. The lowest BCUT2D eigenvalue weighted by Crippen LogP contribution is -2.05. The highest BCUT2D eigenvalue weighted by atomic mass is 16.5. The van der Waals surface area contributed by atoms with Crippen LogP contribution in [-0.4, -0.2) is 17.2 Å². The van der Waals surface area contributed by atoms with Gasteiger partial charge in [0.1, 0.15) is 24.2 Å². The summed E-state index contributed by atoms with van der Waals surface area (Å²) in [6, 6.07) is 15.9. The van der Waals surface area contributed by atoms with Gasteiger partial charge in [-0.3, -0.25) is 0 Å². The molecule has 27 heavy (non-hydrogen) atoms. The number of aromatic nitrogens is 1. The highest BCUT2D eigenvalue weighted by Gasteiger charge is 2.20. The van der Waals surface area contributed by atoms with E-state index in [0.29, 0.717) is 22.6 Å². The van der Waals surface area contributed by atoms with Gasteiger partial charge in [0.2, 0.25) is 0 Å². The molecule has 0 amide bonds. The maximum Gasteiger partial charge on any atom is 0.338 e. The summed E-state index contributed by atoms with van der Waals surface area (Å²) < 4.78 is 16.4. The van der Waals surface area contributed by atoms with Gasteiger partial charge in [-0.2, -0.15) is 5.26 Å². The summed E-state index contributed by atoms with van der Waals surface area (Å²) in [5.41, 5.74) is 3.42. The monoisotopic (exact) mass is 360 g/mol. The lowest BCUT2D eigenvalue weighted by molar-refractivity contribution is 0.0464. The first-order chi connectivity index (χ1) is 13.1. The minimum absolute atomic E-state index is 0.000803. The first-order valence-electron chi connectivity index (χ1n) is 8.55. The molecule has 1 aliphatic rings. The Morgan fingerprint density at radius 2 is 2.07 bits per heavy atom. The predicted molar refractivity (Wildman–Crippen MR) is 96.0 cm³/mol. The maximum atomic E-state index is 12.1. The van der Waals surface area contributed by atoms with E-state index in [1.54, 1.807) is 30.3 Å². The fraction of sp³-hybridized carbons (Fsp3) is 0.190. The summed E-state index contributed by atoms with van der Waals surface area (Å²) in [4.78, 5) is 12.1. The maximum absolute atomic E-state index is 12.1. The second kappa shape index (κ2) is 6.96. The van der Waals surface area contributed by atoms with Crippen LogP contribution in [0.15, 0.2) is 53.1 Å². The smallest absolute Gasteiger partial charge is 0.338 e. The highest BCUT2D eigenvalue weighted by Crippen LogP contribution is 2.33. The van der Waals surface area contributed by atoms with Gasteiger partial charge in [-0.1, -0.05) is 17.3 Å². The molecule has 0 bridgehead atoms. The van der Waals surface area contributed by atoms with Gasteiger partial charge in [-0.15, -0.1) is 0 Å². The molecule has 1 unspecified atom stereocenters. The molecule has 2 aromatic carbocycles. The zero-order valence-electron chi connectivity index (χ0n) is 14.6. The van der Waals surface area contributed by atoms with E-state index in [1.165, 1.54) is 5.56 Å². The van der Waals surface area contributed by atoms with E-state index in [0.717, 1.165) is 17.7 Å². The van der Waals surface area contributed by atoms with Gasteiger partial charge < -0.3 is 14.0 Å². The SMILES string of the molecule is CC1Cc2ccc(-c3cc(COC(=O)c4ccc(C#N)cc4)no3)cc2O1. The van der Waals surface area contributed by atoms with Crippen LogP contribution in [0.4, 0.5) is 0 Å². The Hall–Kier alpha value is -3.59. The van der Waals surface area contributed by atoms with Gasteiger partial charge in [0.05, 0.1) is 17.2 Å². The highest BCUT2D eigenvalue weighted by molar-refractivity contribution is 5.89. The largest absolute Gasteiger partial charge is 0.490 e. The molecule has 1 aliphatic heterocycles. The van der Waals surface area contributed by atoms with Crippen LogP contribution >= 0.6 is 0 Å². The van der Waals surface area contributed by atoms with Gasteiger partial charge in [-0.25, -0.2) is 4.79 Å². The Labute approximate surface area is 155 Å². The standard InChI is InChI=1S/C21H16N2O4/c1-13-8-16-6-7-17(9-19(16)26-13)20-10-18(23-27-20)12-25-21(24)15-4-2-14(11-22)3-5-15/h2-7,9-10,13H,8,12H2,1H3. The number of nitrogens with zero attached hydrogens (tertiary/aromatic N) is 2. The van der Waals surface area contributed by atoms with Crippen LogP contribution in [0.2, 0.25) is 0 Å². The molecule has 0 aliphatic carbocycles. The molecule has 3 aromatic rings. The van der Waals surface area contributed by atoms with Crippen LogP contribution < -0.4 is 4.74 Å². The quantitative estimate of drug-likeness (QED) is 0.656. The number of carbonyl (C=O) groups excluding carboxylic acids is 1. The molecule has 4 rings (SSSR count). The Kier molecular flexibility index (Phi) is 4.35. The van der Waals surface area contributed by atoms with Crippen LogP contribution in [-0.2, 0) is 17.8 Å². The molecule has 0 saturated carbocycles. The van der Waals surface area contributed by atoms with Crippen molar-refractivity contribution in [2.45, 2.75) is 26.1 Å². The summed E-state index contributed by atoms with van der Waals surface area (Å²) in [6.45, 7) is 2.04. The van der Waals surface area contributed by atoms with Crippen LogP contribution in [0.25, 0.3) is 11.3 Å². The van der Waals surface area contributed by atoms with Crippen LogP contribution in [0.3, 0.4) is 0 Å². The topological polar surface area (TPSA) is 85.4 Å². The molecule has 6 heteroatoms. The fourth-order valence-corrected chi connectivity index (χ4v) is 2.97. The van der Waals surface area contributed by atoms with Gasteiger partial charge in [0, 0.05) is 18.1 Å². The van der Waals surface area contributed by atoms with Gasteiger partial charge in [-0.05, 0) is 42.8 Å². The molecule has 1 atom stereocenters. The molecule has 2 heterocycles. The number of carbonyl (C=O) groups is 1. The molecular formula is C21H16N2O4. The predicted octanol–water partition coefficient (Wildman–Crippen LogP) is 3.89. The van der Waals surface area contributed by atoms with E-state index in [4.69, 9.17) is 19.3 Å². The number of fused-ring (bicyclic) bond motifs is 1. The van der Waals surface area contributed by atoms with Crippen molar-refractivity contribution in [3.05, 3.63) is 70.9 Å². The van der Waals surface area contributed by atoms with Crippen molar-refractivity contribution in [3.8, 4) is 23.1 Å². The van der Waals surface area contributed by atoms with Gasteiger partial charge >= 0.3 is 5.97 Å². The number of benzene rings is 2. The van der Waals surface area contributed by atoms with Crippen molar-refractivity contribution in [1.29, 1.82) is 5.26 Å². The molecule has 0 saturated heterocycles. The van der Waals surface area contributed by atoms with E-state index in [1.807, 2.05) is 31.2 Å². The van der Waals surface area contributed by atoms with E-state index >= 15 is 0 Å². The van der Waals surface area contributed by atoms with E-state index in [9.17, 15) is 4.79 Å². The first kappa shape index (κ1) is 16.9. The molecule has 0 fully saturated rings. The zero-order valence-corrected chi connectivity index (χ0v) is 14.6.